The number of rotatable bonds is 5. The van der Waals surface area contributed by atoms with E-state index in [9.17, 15) is 13.2 Å². The minimum Gasteiger partial charge on any atom is -0.496 e. The maximum atomic E-state index is 13.0. The molecule has 1 amide bonds. The quantitative estimate of drug-likeness (QED) is 0.720. The number of hydrogen-bond donors (Lipinski definition) is 0. The molecule has 27 heavy (non-hydrogen) atoms. The molecule has 9 heteroatoms. The van der Waals surface area contributed by atoms with E-state index >= 15 is 0 Å². The van der Waals surface area contributed by atoms with Crippen LogP contribution in [0.4, 0.5) is 0 Å². The Bertz CT molecular complexity index is 802. The Kier molecular flexibility index (Phi) is 5.81. The summed E-state index contributed by atoms with van der Waals surface area (Å²) < 4.78 is 39.3. The van der Waals surface area contributed by atoms with Crippen LogP contribution in [0, 0.1) is 0 Å². The van der Waals surface area contributed by atoms with Crippen molar-refractivity contribution in [2.45, 2.75) is 12.5 Å². The van der Waals surface area contributed by atoms with Crippen LogP contribution in [-0.2, 0) is 9.84 Å². The van der Waals surface area contributed by atoms with Gasteiger partial charge in [-0.25, -0.2) is 8.42 Å². The number of methoxy groups -OCH3 is 3. The molecular weight excluding hydrogens is 372 g/mol. The second-order valence-electron chi connectivity index (χ2n) is 6.79. The van der Waals surface area contributed by atoms with Crippen molar-refractivity contribution in [3.63, 3.8) is 0 Å². The summed E-state index contributed by atoms with van der Waals surface area (Å²) in [6.07, 6.45) is 0.680. The third-order valence-corrected chi connectivity index (χ3v) is 7.01. The van der Waals surface area contributed by atoms with E-state index in [1.165, 1.54) is 21.3 Å². The van der Waals surface area contributed by atoms with Crippen molar-refractivity contribution in [2.75, 3.05) is 59.0 Å². The Morgan fingerprint density at radius 2 is 1.56 bits per heavy atom. The molecule has 0 aliphatic carbocycles. The van der Waals surface area contributed by atoms with E-state index < -0.39 is 9.84 Å². The van der Waals surface area contributed by atoms with Crippen LogP contribution in [0.25, 0.3) is 0 Å². The summed E-state index contributed by atoms with van der Waals surface area (Å²) >= 11 is 0. The first-order chi connectivity index (χ1) is 12.9. The highest BCUT2D eigenvalue weighted by molar-refractivity contribution is 7.91. The van der Waals surface area contributed by atoms with Crippen LogP contribution >= 0.6 is 0 Å². The maximum absolute atomic E-state index is 13.0. The Labute approximate surface area is 159 Å². The molecule has 0 spiro atoms. The van der Waals surface area contributed by atoms with Gasteiger partial charge in [0.25, 0.3) is 5.91 Å². The zero-order chi connectivity index (χ0) is 19.6. The average Bonchev–Trinajstić information content (AvgIpc) is 3.06. The van der Waals surface area contributed by atoms with Crippen molar-refractivity contribution in [2.24, 2.45) is 0 Å². The van der Waals surface area contributed by atoms with E-state index in [-0.39, 0.29) is 23.5 Å². The summed E-state index contributed by atoms with van der Waals surface area (Å²) in [7, 11) is 1.65. The van der Waals surface area contributed by atoms with Crippen LogP contribution in [-0.4, -0.2) is 89.2 Å². The van der Waals surface area contributed by atoms with Crippen LogP contribution in [0.3, 0.4) is 0 Å². The number of amides is 1. The van der Waals surface area contributed by atoms with E-state index in [0.29, 0.717) is 55.4 Å². The number of carbonyl (C=O) groups excluding carboxylic acids is 1. The number of piperazine rings is 1. The Morgan fingerprint density at radius 3 is 2.07 bits per heavy atom. The second-order valence-corrected chi connectivity index (χ2v) is 9.02. The number of ether oxygens (including phenoxy) is 3. The smallest absolute Gasteiger partial charge is 0.257 e. The van der Waals surface area contributed by atoms with Gasteiger partial charge < -0.3 is 19.1 Å². The highest BCUT2D eigenvalue weighted by Crippen LogP contribution is 2.35. The van der Waals surface area contributed by atoms with Crippen LogP contribution < -0.4 is 14.2 Å². The molecule has 0 saturated carbocycles. The minimum absolute atomic E-state index is 0.0721. The molecule has 0 aromatic heterocycles. The fourth-order valence-electron chi connectivity index (χ4n) is 3.72. The molecule has 2 fully saturated rings. The Hall–Kier alpha value is -2.00. The number of hydrogen-bond acceptors (Lipinski definition) is 7. The van der Waals surface area contributed by atoms with Crippen molar-refractivity contribution in [1.29, 1.82) is 0 Å². The molecule has 1 aromatic rings. The van der Waals surface area contributed by atoms with Gasteiger partial charge in [0, 0.05) is 44.4 Å². The zero-order valence-electron chi connectivity index (χ0n) is 15.9. The van der Waals surface area contributed by atoms with Gasteiger partial charge in [-0.15, -0.1) is 0 Å². The van der Waals surface area contributed by atoms with Gasteiger partial charge in [-0.05, 0) is 6.42 Å². The fraction of sp³-hybridized carbons (Fsp3) is 0.611. The van der Waals surface area contributed by atoms with Gasteiger partial charge >= 0.3 is 0 Å². The molecule has 3 rings (SSSR count). The van der Waals surface area contributed by atoms with Crippen LogP contribution in [0.2, 0.25) is 0 Å². The summed E-state index contributed by atoms with van der Waals surface area (Å²) in [6, 6.07) is 3.35. The average molecular weight is 398 g/mol. The lowest BCUT2D eigenvalue weighted by Crippen LogP contribution is -2.52. The standard InChI is InChI=1S/C18H26N2O6S/c1-24-15-11-17(26-3)16(25-2)10-14(15)18(21)20-7-5-19(6-8-20)13-4-9-27(22,23)12-13/h10-11,13H,4-9,12H2,1-3H3/t13-/m1/s1. The molecule has 0 N–H and O–H groups in total. The molecule has 2 heterocycles. The normalized spacial score (nSPS) is 22.5. The summed E-state index contributed by atoms with van der Waals surface area (Å²) in [4.78, 5) is 17.0. The predicted octanol–water partition coefficient (Wildman–Crippen LogP) is 0.657. The van der Waals surface area contributed by atoms with Crippen LogP contribution in [0.15, 0.2) is 12.1 Å². The van der Waals surface area contributed by atoms with E-state index in [0.717, 1.165) is 0 Å². The highest BCUT2D eigenvalue weighted by Gasteiger charge is 2.35. The second kappa shape index (κ2) is 7.93. The van der Waals surface area contributed by atoms with Gasteiger partial charge in [0.2, 0.25) is 0 Å². The number of nitrogens with zero attached hydrogens (tertiary/aromatic N) is 2. The van der Waals surface area contributed by atoms with Gasteiger partial charge in [0.15, 0.2) is 21.3 Å². The van der Waals surface area contributed by atoms with Crippen LogP contribution in [0.1, 0.15) is 16.8 Å². The molecule has 2 aliphatic heterocycles. The minimum atomic E-state index is -2.91. The first kappa shape index (κ1) is 19.8. The van der Waals surface area contributed by atoms with Gasteiger partial charge in [-0.3, -0.25) is 9.69 Å². The first-order valence-electron chi connectivity index (χ1n) is 8.92. The zero-order valence-corrected chi connectivity index (χ0v) is 16.8. The number of carbonyl (C=O) groups is 1. The van der Waals surface area contributed by atoms with E-state index in [1.54, 1.807) is 17.0 Å². The van der Waals surface area contributed by atoms with Gasteiger partial charge in [-0.1, -0.05) is 0 Å². The monoisotopic (exact) mass is 398 g/mol. The van der Waals surface area contributed by atoms with Crippen molar-refractivity contribution in [1.82, 2.24) is 9.80 Å². The number of benzene rings is 1. The molecular formula is C18H26N2O6S. The van der Waals surface area contributed by atoms with Crippen LogP contribution in [0.5, 0.6) is 17.2 Å². The van der Waals surface area contributed by atoms with Crippen molar-refractivity contribution in [3.8, 4) is 17.2 Å². The predicted molar refractivity (Wildman–Crippen MR) is 101 cm³/mol. The Morgan fingerprint density at radius 1 is 0.963 bits per heavy atom. The SMILES string of the molecule is COc1cc(OC)c(C(=O)N2CCN([C@@H]3CCS(=O)(=O)C3)CC2)cc1OC. The topological polar surface area (TPSA) is 85.4 Å². The third-order valence-electron chi connectivity index (χ3n) is 5.26. The van der Waals surface area contributed by atoms with Crippen molar-refractivity contribution < 1.29 is 27.4 Å². The molecule has 8 nitrogen and oxygen atoms in total. The van der Waals surface area contributed by atoms with E-state index in [1.807, 2.05) is 0 Å². The molecule has 150 valence electrons. The number of sulfone groups is 1. The largest absolute Gasteiger partial charge is 0.496 e. The lowest BCUT2D eigenvalue weighted by molar-refractivity contribution is 0.0584. The molecule has 1 aromatic carbocycles. The molecule has 0 unspecified atom stereocenters. The lowest BCUT2D eigenvalue weighted by Gasteiger charge is -2.37. The maximum Gasteiger partial charge on any atom is 0.257 e. The first-order valence-corrected chi connectivity index (χ1v) is 10.7. The summed E-state index contributed by atoms with van der Waals surface area (Å²) in [5, 5.41) is 0. The Balaban J connectivity index is 1.71. The van der Waals surface area contributed by atoms with E-state index in [2.05, 4.69) is 4.90 Å². The molecule has 0 bridgehead atoms. The fourth-order valence-corrected chi connectivity index (χ4v) is 5.48. The summed E-state index contributed by atoms with van der Waals surface area (Å²) in [6.45, 7) is 2.43. The molecule has 2 saturated heterocycles. The summed E-state index contributed by atoms with van der Waals surface area (Å²) in [5.41, 5.74) is 0.423. The summed E-state index contributed by atoms with van der Waals surface area (Å²) in [5.74, 6) is 1.76. The lowest BCUT2D eigenvalue weighted by atomic mass is 10.1. The molecule has 1 atom stereocenters. The van der Waals surface area contributed by atoms with Gasteiger partial charge in [0.1, 0.15) is 5.75 Å². The third kappa shape index (κ3) is 4.14. The molecule has 0 radical (unpaired) electrons. The van der Waals surface area contributed by atoms with Gasteiger partial charge in [-0.2, -0.15) is 0 Å². The van der Waals surface area contributed by atoms with Crippen molar-refractivity contribution in [3.05, 3.63) is 17.7 Å². The molecule has 2 aliphatic rings. The van der Waals surface area contributed by atoms with E-state index in [4.69, 9.17) is 14.2 Å². The van der Waals surface area contributed by atoms with Crippen molar-refractivity contribution >= 4 is 15.7 Å². The highest BCUT2D eigenvalue weighted by atomic mass is 32.2. The van der Waals surface area contributed by atoms with Gasteiger partial charge in [0.05, 0.1) is 38.4 Å².